The van der Waals surface area contributed by atoms with Crippen molar-refractivity contribution in [3.05, 3.63) is 46.3 Å². The average Bonchev–Trinajstić information content (AvgIpc) is 3.82. The van der Waals surface area contributed by atoms with Crippen LogP contribution in [0.2, 0.25) is 0 Å². The van der Waals surface area contributed by atoms with Crippen molar-refractivity contribution in [3.8, 4) is 5.88 Å². The van der Waals surface area contributed by atoms with Gasteiger partial charge in [-0.2, -0.15) is 4.37 Å². The van der Waals surface area contributed by atoms with Gasteiger partial charge in [-0.1, -0.05) is 34.6 Å². The number of amides is 3. The highest BCUT2D eigenvalue weighted by atomic mass is 32.1. The zero-order valence-corrected chi connectivity index (χ0v) is 33.0. The fraction of sp³-hybridized carbons (Fsp3) is 0.526. The van der Waals surface area contributed by atoms with E-state index < -0.39 is 17.5 Å². The third-order valence-corrected chi connectivity index (χ3v) is 10.1. The van der Waals surface area contributed by atoms with E-state index in [9.17, 15) is 19.2 Å². The highest BCUT2D eigenvalue weighted by Crippen LogP contribution is 2.36. The molecule has 1 fully saturated rings. The van der Waals surface area contributed by atoms with Gasteiger partial charge in [-0.15, -0.1) is 4.37 Å². The number of morpholine rings is 1. The number of aryl methyl sites for hydroxylation is 1. The van der Waals surface area contributed by atoms with Gasteiger partial charge in [0.05, 0.1) is 42.5 Å². The maximum absolute atomic E-state index is 13.1. The van der Waals surface area contributed by atoms with Gasteiger partial charge in [-0.05, 0) is 56.8 Å². The Kier molecular flexibility index (Phi) is 13.5. The molecule has 0 bridgehead atoms. The summed E-state index contributed by atoms with van der Waals surface area (Å²) in [7, 11) is 0. The molecule has 4 N–H and O–H groups in total. The van der Waals surface area contributed by atoms with Gasteiger partial charge in [-0.3, -0.25) is 19.2 Å². The second kappa shape index (κ2) is 18.0. The number of nitrogens with zero attached hydrogens (tertiary/aromatic N) is 4. The van der Waals surface area contributed by atoms with Crippen LogP contribution in [0, 0.1) is 19.3 Å². The summed E-state index contributed by atoms with van der Waals surface area (Å²) in [6.07, 6.45) is 0.879. The number of aromatic nitrogens is 3. The molecule has 0 unspecified atom stereocenters. The number of likely N-dealkylation sites (N-methyl/N-ethyl adjacent to an activating group) is 1. The van der Waals surface area contributed by atoms with Crippen molar-refractivity contribution in [1.82, 2.24) is 23.9 Å². The highest BCUT2D eigenvalue weighted by Gasteiger charge is 2.31. The molecule has 2 aliphatic heterocycles. The predicted molar refractivity (Wildman–Crippen MR) is 209 cm³/mol. The van der Waals surface area contributed by atoms with E-state index in [4.69, 9.17) is 14.2 Å². The molecular formula is C38H52N8O7S. The summed E-state index contributed by atoms with van der Waals surface area (Å²) in [5.41, 5.74) is 4.25. The number of anilines is 3. The van der Waals surface area contributed by atoms with E-state index in [1.54, 1.807) is 24.3 Å². The third-order valence-electron chi connectivity index (χ3n) is 9.61. The number of ether oxygens (including phenoxy) is 3. The Balaban J connectivity index is 1.17. The SMILES string of the molecule is CCN(CC)CCNC(=O)c1c(C)[nH]c(/C=C2\C(=O)Nc3ccc(NC(=O)CCC(=O)O[C@H](COc4nsnc4N4CCOCC4)C(C)(C)C)cc32)c1C. The Morgan fingerprint density at radius 1 is 1.11 bits per heavy atom. The molecule has 2 aliphatic rings. The van der Waals surface area contributed by atoms with E-state index >= 15 is 0 Å². The number of carbonyl (C=O) groups is 4. The molecular weight excluding hydrogens is 713 g/mol. The molecule has 54 heavy (non-hydrogen) atoms. The van der Waals surface area contributed by atoms with Gasteiger partial charge in [0.1, 0.15) is 12.7 Å². The topological polar surface area (TPSA) is 180 Å². The number of nitrogens with one attached hydrogen (secondary N) is 4. The zero-order valence-electron chi connectivity index (χ0n) is 32.2. The third kappa shape index (κ3) is 10.0. The second-order valence-corrected chi connectivity index (χ2v) is 14.9. The minimum absolute atomic E-state index is 0.0783. The van der Waals surface area contributed by atoms with Crippen LogP contribution >= 0.6 is 11.7 Å². The lowest BCUT2D eigenvalue weighted by Crippen LogP contribution is -2.38. The average molecular weight is 765 g/mol. The van der Waals surface area contributed by atoms with Crippen LogP contribution < -0.4 is 25.6 Å². The molecule has 16 heteroatoms. The van der Waals surface area contributed by atoms with Crippen LogP contribution in [0.3, 0.4) is 0 Å². The van der Waals surface area contributed by atoms with Crippen LogP contribution in [0.25, 0.3) is 11.6 Å². The number of hydrogen-bond acceptors (Lipinski definition) is 12. The lowest BCUT2D eigenvalue weighted by atomic mass is 9.89. The molecule has 0 spiro atoms. The van der Waals surface area contributed by atoms with Crippen molar-refractivity contribution < 1.29 is 33.4 Å². The number of H-pyrrole nitrogens is 1. The number of fused-ring (bicyclic) bond motifs is 1. The van der Waals surface area contributed by atoms with Crippen molar-refractivity contribution in [2.75, 3.05) is 74.6 Å². The normalized spacial score (nSPS) is 15.6. The van der Waals surface area contributed by atoms with E-state index in [0.29, 0.717) is 84.0 Å². The van der Waals surface area contributed by atoms with E-state index in [1.165, 1.54) is 0 Å². The lowest BCUT2D eigenvalue weighted by Gasteiger charge is -2.30. The van der Waals surface area contributed by atoms with Crippen LogP contribution in [0.4, 0.5) is 17.2 Å². The molecule has 3 aromatic rings. The van der Waals surface area contributed by atoms with E-state index in [0.717, 1.165) is 36.9 Å². The first kappa shape index (κ1) is 40.4. The van der Waals surface area contributed by atoms with Crippen LogP contribution in [-0.2, 0) is 23.9 Å². The molecule has 1 aromatic carbocycles. The maximum Gasteiger partial charge on any atom is 0.306 e. The molecule has 2 aromatic heterocycles. The number of esters is 1. The Bertz CT molecular complexity index is 1850. The summed E-state index contributed by atoms with van der Waals surface area (Å²) in [6.45, 7) is 19.5. The number of aromatic amines is 1. The van der Waals surface area contributed by atoms with E-state index in [-0.39, 0.29) is 37.2 Å². The lowest BCUT2D eigenvalue weighted by molar-refractivity contribution is -0.157. The fourth-order valence-electron chi connectivity index (χ4n) is 6.28. The van der Waals surface area contributed by atoms with Gasteiger partial charge >= 0.3 is 5.97 Å². The number of benzene rings is 1. The first-order chi connectivity index (χ1) is 25.8. The van der Waals surface area contributed by atoms with Crippen LogP contribution in [0.15, 0.2) is 18.2 Å². The summed E-state index contributed by atoms with van der Waals surface area (Å²) >= 11 is 1.06. The van der Waals surface area contributed by atoms with Gasteiger partial charge in [0, 0.05) is 66.3 Å². The van der Waals surface area contributed by atoms with Gasteiger partial charge in [0.25, 0.3) is 17.7 Å². The quantitative estimate of drug-likeness (QED) is 0.118. The monoisotopic (exact) mass is 764 g/mol. The van der Waals surface area contributed by atoms with Crippen molar-refractivity contribution in [2.24, 2.45) is 5.41 Å². The summed E-state index contributed by atoms with van der Waals surface area (Å²) in [5.74, 6) is -0.331. The standard InChI is InChI=1S/C38H52N8O7S/c1-8-45(9-2)15-14-39-36(50)33-23(3)29(40-24(33)4)21-27-26-20-25(10-11-28(26)42-35(27)49)41-31(47)12-13-32(48)53-30(38(5,6)7)22-52-37-34(43-54-44-37)46-16-18-51-19-17-46/h10-11,20-21,30,40H,8-9,12-19,22H2,1-7H3,(H,39,50)(H,41,47)(H,42,49)/b27-21-/t30-/m1/s1. The Morgan fingerprint density at radius 3 is 2.56 bits per heavy atom. The summed E-state index contributed by atoms with van der Waals surface area (Å²) in [4.78, 5) is 59.7. The van der Waals surface area contributed by atoms with Crippen molar-refractivity contribution in [3.63, 3.8) is 0 Å². The molecule has 1 saturated heterocycles. The molecule has 1 atom stereocenters. The first-order valence-corrected chi connectivity index (χ1v) is 19.2. The van der Waals surface area contributed by atoms with Gasteiger partial charge in [0.2, 0.25) is 11.7 Å². The Labute approximate surface area is 320 Å². The summed E-state index contributed by atoms with van der Waals surface area (Å²) < 4.78 is 25.9. The van der Waals surface area contributed by atoms with E-state index in [2.05, 4.69) is 53.3 Å². The molecule has 292 valence electrons. The smallest absolute Gasteiger partial charge is 0.306 e. The molecule has 15 nitrogen and oxygen atoms in total. The molecule has 4 heterocycles. The molecule has 0 saturated carbocycles. The second-order valence-electron chi connectivity index (χ2n) is 14.4. The molecule has 0 aliphatic carbocycles. The molecule has 0 radical (unpaired) electrons. The number of hydrogen-bond donors (Lipinski definition) is 4. The van der Waals surface area contributed by atoms with Crippen LogP contribution in [0.1, 0.15) is 80.3 Å². The molecule has 5 rings (SSSR count). The minimum Gasteiger partial charge on any atom is -0.470 e. The van der Waals surface area contributed by atoms with Gasteiger partial charge in [-0.25, -0.2) is 0 Å². The predicted octanol–water partition coefficient (Wildman–Crippen LogP) is 4.64. The minimum atomic E-state index is -0.602. The van der Waals surface area contributed by atoms with Crippen LogP contribution in [0.5, 0.6) is 5.88 Å². The summed E-state index contributed by atoms with van der Waals surface area (Å²) in [6, 6.07) is 5.12. The Morgan fingerprint density at radius 2 is 1.85 bits per heavy atom. The van der Waals surface area contributed by atoms with E-state index in [1.807, 2.05) is 34.6 Å². The van der Waals surface area contributed by atoms with Crippen molar-refractivity contribution in [1.29, 1.82) is 0 Å². The molecule has 3 amide bonds. The Hall–Kier alpha value is -4.80. The van der Waals surface area contributed by atoms with Crippen LogP contribution in [-0.4, -0.2) is 108 Å². The van der Waals surface area contributed by atoms with Crippen molar-refractivity contribution >= 4 is 64.3 Å². The largest absolute Gasteiger partial charge is 0.470 e. The summed E-state index contributed by atoms with van der Waals surface area (Å²) in [5, 5.41) is 8.71. The zero-order chi connectivity index (χ0) is 39.0. The first-order valence-electron chi connectivity index (χ1n) is 18.4. The highest BCUT2D eigenvalue weighted by molar-refractivity contribution is 6.99. The van der Waals surface area contributed by atoms with Gasteiger partial charge < -0.3 is 44.9 Å². The number of rotatable bonds is 16. The van der Waals surface area contributed by atoms with Gasteiger partial charge in [0.15, 0.2) is 0 Å². The fourth-order valence-corrected chi connectivity index (χ4v) is 6.80. The number of carbonyl (C=O) groups excluding carboxylic acids is 4. The maximum atomic E-state index is 13.1. The van der Waals surface area contributed by atoms with Crippen molar-refractivity contribution in [2.45, 2.75) is 67.4 Å².